The summed E-state index contributed by atoms with van der Waals surface area (Å²) in [5, 5.41) is 12.2. The molecule has 0 fully saturated rings. The number of aromatic nitrogens is 2. The summed E-state index contributed by atoms with van der Waals surface area (Å²) in [6.45, 7) is 7.79. The molecule has 1 aromatic heterocycles. The van der Waals surface area contributed by atoms with Crippen molar-refractivity contribution in [3.8, 4) is 0 Å². The van der Waals surface area contributed by atoms with Crippen LogP contribution in [-0.2, 0) is 13.1 Å². The summed E-state index contributed by atoms with van der Waals surface area (Å²) in [4.78, 5) is 0. The first kappa shape index (κ1) is 16.8. The van der Waals surface area contributed by atoms with Crippen molar-refractivity contribution in [1.82, 2.24) is 20.4 Å². The lowest BCUT2D eigenvalue weighted by Gasteiger charge is -2.17. The molecule has 1 atom stereocenters. The van der Waals surface area contributed by atoms with Crippen LogP contribution >= 0.6 is 23.8 Å². The molecule has 2 aromatic rings. The number of hydrogen-bond acceptors (Lipinski definition) is 2. The highest BCUT2D eigenvalue weighted by Crippen LogP contribution is 2.16. The van der Waals surface area contributed by atoms with Gasteiger partial charge in [0, 0.05) is 29.4 Å². The van der Waals surface area contributed by atoms with Gasteiger partial charge >= 0.3 is 0 Å². The Morgan fingerprint density at radius 1 is 1.36 bits per heavy atom. The molecule has 1 aromatic carbocycles. The Hall–Kier alpha value is -1.59. The van der Waals surface area contributed by atoms with Crippen molar-refractivity contribution in [2.24, 2.45) is 0 Å². The number of benzene rings is 1. The van der Waals surface area contributed by atoms with Gasteiger partial charge in [-0.1, -0.05) is 23.7 Å². The summed E-state index contributed by atoms with van der Waals surface area (Å²) in [5.41, 5.74) is 3.47. The molecular formula is C16H21ClN4S. The highest BCUT2D eigenvalue weighted by Gasteiger charge is 2.13. The lowest BCUT2D eigenvalue weighted by atomic mass is 10.1. The fourth-order valence-electron chi connectivity index (χ4n) is 2.31. The van der Waals surface area contributed by atoms with Gasteiger partial charge < -0.3 is 10.6 Å². The Labute approximate surface area is 141 Å². The van der Waals surface area contributed by atoms with E-state index >= 15 is 0 Å². The third-order valence-corrected chi connectivity index (χ3v) is 4.14. The quantitative estimate of drug-likeness (QED) is 0.819. The summed E-state index contributed by atoms with van der Waals surface area (Å²) in [5.74, 6) is 0. The van der Waals surface area contributed by atoms with Crippen molar-refractivity contribution in [1.29, 1.82) is 0 Å². The smallest absolute Gasteiger partial charge is 0.167 e. The summed E-state index contributed by atoms with van der Waals surface area (Å²) in [6.07, 6.45) is 1.90. The number of thiocarbonyl (C=S) groups is 1. The van der Waals surface area contributed by atoms with Gasteiger partial charge in [-0.25, -0.2) is 0 Å². The van der Waals surface area contributed by atoms with Crippen LogP contribution in [0, 0.1) is 6.92 Å². The van der Waals surface area contributed by atoms with Gasteiger partial charge in [-0.05, 0) is 50.7 Å². The third-order valence-electron chi connectivity index (χ3n) is 3.62. The molecule has 0 saturated heterocycles. The zero-order valence-corrected chi connectivity index (χ0v) is 14.6. The fraction of sp³-hybridized carbons (Fsp3) is 0.375. The van der Waals surface area contributed by atoms with Crippen LogP contribution in [0.1, 0.15) is 36.7 Å². The molecule has 0 saturated carbocycles. The maximum atomic E-state index is 5.87. The van der Waals surface area contributed by atoms with Crippen molar-refractivity contribution in [2.75, 3.05) is 0 Å². The van der Waals surface area contributed by atoms with Gasteiger partial charge in [-0.3, -0.25) is 4.68 Å². The summed E-state index contributed by atoms with van der Waals surface area (Å²) >= 11 is 11.2. The topological polar surface area (TPSA) is 41.9 Å². The Morgan fingerprint density at radius 2 is 2.05 bits per heavy atom. The number of nitrogens with zero attached hydrogens (tertiary/aromatic N) is 2. The van der Waals surface area contributed by atoms with E-state index in [1.807, 2.05) is 35.1 Å². The third kappa shape index (κ3) is 4.21. The molecule has 0 aliphatic carbocycles. The number of hydrogen-bond donors (Lipinski definition) is 2. The van der Waals surface area contributed by atoms with Crippen LogP contribution in [0.25, 0.3) is 0 Å². The molecule has 1 unspecified atom stereocenters. The van der Waals surface area contributed by atoms with Gasteiger partial charge in [-0.2, -0.15) is 5.10 Å². The van der Waals surface area contributed by atoms with Gasteiger partial charge in [0.25, 0.3) is 0 Å². The molecule has 0 radical (unpaired) electrons. The van der Waals surface area contributed by atoms with E-state index in [0.29, 0.717) is 11.7 Å². The van der Waals surface area contributed by atoms with E-state index in [2.05, 4.69) is 36.5 Å². The molecule has 2 rings (SSSR count). The number of rotatable bonds is 5. The zero-order valence-electron chi connectivity index (χ0n) is 13.1. The van der Waals surface area contributed by atoms with E-state index in [4.69, 9.17) is 23.8 Å². The van der Waals surface area contributed by atoms with Gasteiger partial charge in [0.15, 0.2) is 5.11 Å². The molecule has 0 spiro atoms. The molecule has 0 amide bonds. The van der Waals surface area contributed by atoms with Crippen molar-refractivity contribution >= 4 is 28.9 Å². The van der Waals surface area contributed by atoms with E-state index in [0.717, 1.165) is 22.7 Å². The first-order valence-electron chi connectivity index (χ1n) is 7.32. The molecular weight excluding hydrogens is 316 g/mol. The molecule has 0 aliphatic heterocycles. The minimum Gasteiger partial charge on any atom is -0.359 e. The molecule has 118 valence electrons. The van der Waals surface area contributed by atoms with Gasteiger partial charge in [0.2, 0.25) is 0 Å². The maximum absolute atomic E-state index is 5.87. The van der Waals surface area contributed by atoms with E-state index < -0.39 is 0 Å². The predicted molar refractivity (Wildman–Crippen MR) is 95.1 cm³/mol. The van der Waals surface area contributed by atoms with Gasteiger partial charge in [0.1, 0.15) is 0 Å². The Bertz CT molecular complexity index is 636. The minimum absolute atomic E-state index is 0.116. The average Bonchev–Trinajstić information content (AvgIpc) is 2.87. The maximum Gasteiger partial charge on any atom is 0.167 e. The Morgan fingerprint density at radius 3 is 2.64 bits per heavy atom. The second-order valence-corrected chi connectivity index (χ2v) is 6.02. The van der Waals surface area contributed by atoms with E-state index in [9.17, 15) is 0 Å². The van der Waals surface area contributed by atoms with E-state index in [1.54, 1.807) is 0 Å². The normalized spacial score (nSPS) is 12.0. The lowest BCUT2D eigenvalue weighted by molar-refractivity contribution is 0.631. The number of aryl methyl sites for hydroxylation is 1. The van der Waals surface area contributed by atoms with E-state index in [1.165, 1.54) is 5.69 Å². The second kappa shape index (κ2) is 7.61. The lowest BCUT2D eigenvalue weighted by Crippen LogP contribution is -2.36. The summed E-state index contributed by atoms with van der Waals surface area (Å²) in [7, 11) is 0. The monoisotopic (exact) mass is 336 g/mol. The highest BCUT2D eigenvalue weighted by atomic mass is 35.5. The second-order valence-electron chi connectivity index (χ2n) is 5.18. The zero-order chi connectivity index (χ0) is 16.1. The van der Waals surface area contributed by atoms with Gasteiger partial charge in [0.05, 0.1) is 12.2 Å². The highest BCUT2D eigenvalue weighted by molar-refractivity contribution is 7.80. The largest absolute Gasteiger partial charge is 0.359 e. The molecule has 0 bridgehead atoms. The first-order chi connectivity index (χ1) is 10.5. The van der Waals surface area contributed by atoms with Crippen molar-refractivity contribution in [3.05, 3.63) is 52.3 Å². The van der Waals surface area contributed by atoms with Crippen molar-refractivity contribution in [3.63, 3.8) is 0 Å². The van der Waals surface area contributed by atoms with Crippen LogP contribution in [0.5, 0.6) is 0 Å². The average molecular weight is 337 g/mol. The number of nitrogens with one attached hydrogen (secondary N) is 2. The van der Waals surface area contributed by atoms with Crippen molar-refractivity contribution < 1.29 is 0 Å². The van der Waals surface area contributed by atoms with Crippen LogP contribution < -0.4 is 10.6 Å². The van der Waals surface area contributed by atoms with Crippen LogP contribution in [0.4, 0.5) is 0 Å². The van der Waals surface area contributed by atoms with Crippen LogP contribution in [0.15, 0.2) is 30.5 Å². The van der Waals surface area contributed by atoms with E-state index in [-0.39, 0.29) is 6.04 Å². The van der Waals surface area contributed by atoms with Crippen LogP contribution in [-0.4, -0.2) is 14.9 Å². The van der Waals surface area contributed by atoms with Crippen molar-refractivity contribution in [2.45, 2.75) is 39.9 Å². The first-order valence-corrected chi connectivity index (χ1v) is 8.11. The molecule has 2 N–H and O–H groups in total. The number of halogens is 1. The van der Waals surface area contributed by atoms with Gasteiger partial charge in [-0.15, -0.1) is 0 Å². The molecule has 6 heteroatoms. The summed E-state index contributed by atoms with van der Waals surface area (Å²) < 4.78 is 1.98. The standard InChI is InChI=1S/C16H21ClN4S/c1-4-21-12(3)15(10-19-21)11(2)20-16(22)18-9-13-5-7-14(17)8-6-13/h5-8,10-11H,4,9H2,1-3H3,(H2,18,20,22). The van der Waals surface area contributed by atoms with Crippen LogP contribution in [0.2, 0.25) is 5.02 Å². The minimum atomic E-state index is 0.116. The molecule has 0 aliphatic rings. The fourth-order valence-corrected chi connectivity index (χ4v) is 2.69. The molecule has 22 heavy (non-hydrogen) atoms. The molecule has 1 heterocycles. The predicted octanol–water partition coefficient (Wildman–Crippen LogP) is 3.59. The Kier molecular flexibility index (Phi) is 5.80. The summed E-state index contributed by atoms with van der Waals surface area (Å²) in [6, 6.07) is 7.83. The molecule has 4 nitrogen and oxygen atoms in total. The SMILES string of the molecule is CCn1ncc(C(C)NC(=S)NCc2ccc(Cl)cc2)c1C. The van der Waals surface area contributed by atoms with Crippen LogP contribution in [0.3, 0.4) is 0 Å². The Balaban J connectivity index is 1.88.